The average Bonchev–Trinajstić information content (AvgIpc) is 2.64. The first-order valence-electron chi connectivity index (χ1n) is 10.5. The zero-order valence-electron chi connectivity index (χ0n) is 16.9. The maximum Gasteiger partial charge on any atom is 0.240 e. The number of likely N-dealkylation sites (tertiary alicyclic amines) is 1. The van der Waals surface area contributed by atoms with E-state index in [1.807, 2.05) is 0 Å². The lowest BCUT2D eigenvalue weighted by atomic mass is 9.82. The number of amides is 1. The molecule has 3 aliphatic rings. The standard InChI is InChI=1S/C22H34N4O/c1-21(2)9-13-25(14-10-21)15-18-3-5-19(6-4-18)26-16-20(27)24-22(17-26)7-11-23-12-8-22/h3-6,23H,7-17H2,1-2H3,(H,24,27). The SMILES string of the molecule is CC1(C)CCN(Cc2ccc(N3CC(=O)NC4(CCNCC4)C3)cc2)CC1. The van der Waals surface area contributed by atoms with Crippen LogP contribution in [0, 0.1) is 5.41 Å². The zero-order chi connectivity index (χ0) is 18.9. The van der Waals surface area contributed by atoms with Gasteiger partial charge in [-0.1, -0.05) is 26.0 Å². The zero-order valence-corrected chi connectivity index (χ0v) is 16.9. The first-order chi connectivity index (χ1) is 12.9. The summed E-state index contributed by atoms with van der Waals surface area (Å²) in [5, 5.41) is 6.68. The van der Waals surface area contributed by atoms with Crippen LogP contribution in [-0.4, -0.2) is 55.6 Å². The lowest BCUT2D eigenvalue weighted by molar-refractivity contribution is -0.123. The summed E-state index contributed by atoms with van der Waals surface area (Å²) < 4.78 is 0. The van der Waals surface area contributed by atoms with E-state index in [0.717, 1.165) is 39.0 Å². The molecule has 0 aliphatic carbocycles. The number of anilines is 1. The minimum Gasteiger partial charge on any atom is -0.360 e. The fraction of sp³-hybridized carbons (Fsp3) is 0.682. The van der Waals surface area contributed by atoms with Crippen LogP contribution in [0.25, 0.3) is 0 Å². The second kappa shape index (κ2) is 7.44. The largest absolute Gasteiger partial charge is 0.360 e. The Morgan fingerprint density at radius 3 is 2.33 bits per heavy atom. The molecule has 0 aromatic heterocycles. The van der Waals surface area contributed by atoms with Gasteiger partial charge in [0.05, 0.1) is 12.1 Å². The van der Waals surface area contributed by atoms with Crippen LogP contribution in [0.15, 0.2) is 24.3 Å². The van der Waals surface area contributed by atoms with Crippen molar-refractivity contribution in [2.24, 2.45) is 5.41 Å². The lowest BCUT2D eigenvalue weighted by Crippen LogP contribution is -2.66. The van der Waals surface area contributed by atoms with Gasteiger partial charge in [-0.05, 0) is 75.0 Å². The number of rotatable bonds is 3. The first-order valence-corrected chi connectivity index (χ1v) is 10.5. The van der Waals surface area contributed by atoms with E-state index in [2.05, 4.69) is 58.5 Å². The molecule has 2 N–H and O–H groups in total. The Labute approximate surface area is 163 Å². The fourth-order valence-corrected chi connectivity index (χ4v) is 4.73. The van der Waals surface area contributed by atoms with Crippen LogP contribution in [0.3, 0.4) is 0 Å². The highest BCUT2D eigenvalue weighted by Gasteiger charge is 2.39. The Hall–Kier alpha value is -1.59. The van der Waals surface area contributed by atoms with E-state index >= 15 is 0 Å². The summed E-state index contributed by atoms with van der Waals surface area (Å²) in [6.45, 7) is 11.5. The summed E-state index contributed by atoms with van der Waals surface area (Å²) in [5.41, 5.74) is 2.99. The van der Waals surface area contributed by atoms with Gasteiger partial charge in [0.15, 0.2) is 0 Å². The van der Waals surface area contributed by atoms with Gasteiger partial charge in [0.25, 0.3) is 0 Å². The van der Waals surface area contributed by atoms with Crippen LogP contribution in [0.1, 0.15) is 45.1 Å². The van der Waals surface area contributed by atoms with Crippen molar-refractivity contribution in [1.82, 2.24) is 15.5 Å². The van der Waals surface area contributed by atoms with Gasteiger partial charge in [-0.2, -0.15) is 0 Å². The molecule has 1 aromatic rings. The summed E-state index contributed by atoms with van der Waals surface area (Å²) in [7, 11) is 0. The van der Waals surface area contributed by atoms with E-state index in [-0.39, 0.29) is 11.4 Å². The van der Waals surface area contributed by atoms with E-state index in [1.165, 1.54) is 37.2 Å². The van der Waals surface area contributed by atoms with E-state index in [9.17, 15) is 4.79 Å². The van der Waals surface area contributed by atoms with Gasteiger partial charge < -0.3 is 15.5 Å². The molecular weight excluding hydrogens is 336 g/mol. The Balaban J connectivity index is 1.39. The van der Waals surface area contributed by atoms with E-state index in [1.54, 1.807) is 0 Å². The number of piperazine rings is 1. The van der Waals surface area contributed by atoms with Crippen LogP contribution < -0.4 is 15.5 Å². The molecule has 1 spiro atoms. The second-order valence-corrected chi connectivity index (χ2v) is 9.54. The highest BCUT2D eigenvalue weighted by atomic mass is 16.2. The van der Waals surface area contributed by atoms with E-state index in [0.29, 0.717) is 12.0 Å². The maximum atomic E-state index is 12.3. The molecular formula is C22H34N4O. The molecule has 3 heterocycles. The van der Waals surface area contributed by atoms with Gasteiger partial charge >= 0.3 is 0 Å². The molecule has 1 aromatic carbocycles. The predicted molar refractivity (Wildman–Crippen MR) is 110 cm³/mol. The smallest absolute Gasteiger partial charge is 0.240 e. The molecule has 0 unspecified atom stereocenters. The molecule has 4 rings (SSSR count). The third-order valence-electron chi connectivity index (χ3n) is 6.71. The Bertz CT molecular complexity index is 653. The molecule has 3 fully saturated rings. The van der Waals surface area contributed by atoms with E-state index in [4.69, 9.17) is 0 Å². The van der Waals surface area contributed by atoms with Crippen molar-refractivity contribution in [2.75, 3.05) is 44.2 Å². The van der Waals surface area contributed by atoms with Gasteiger partial charge in [0.1, 0.15) is 0 Å². The average molecular weight is 371 g/mol. The van der Waals surface area contributed by atoms with Gasteiger partial charge in [-0.3, -0.25) is 9.69 Å². The number of hydrogen-bond donors (Lipinski definition) is 2. The number of hydrogen-bond acceptors (Lipinski definition) is 4. The number of piperidine rings is 2. The van der Waals surface area contributed by atoms with Crippen molar-refractivity contribution < 1.29 is 4.79 Å². The van der Waals surface area contributed by atoms with Gasteiger partial charge in [0, 0.05) is 18.8 Å². The molecule has 3 aliphatic heterocycles. The lowest BCUT2D eigenvalue weighted by Gasteiger charge is -2.46. The minimum atomic E-state index is -0.0557. The van der Waals surface area contributed by atoms with Crippen molar-refractivity contribution in [2.45, 2.75) is 51.6 Å². The van der Waals surface area contributed by atoms with Crippen molar-refractivity contribution in [1.29, 1.82) is 0 Å². The van der Waals surface area contributed by atoms with Gasteiger partial charge in [0.2, 0.25) is 5.91 Å². The molecule has 0 saturated carbocycles. The Morgan fingerprint density at radius 1 is 1.00 bits per heavy atom. The first kappa shape index (κ1) is 18.8. The monoisotopic (exact) mass is 370 g/mol. The minimum absolute atomic E-state index is 0.0557. The molecule has 0 bridgehead atoms. The van der Waals surface area contributed by atoms with E-state index < -0.39 is 0 Å². The summed E-state index contributed by atoms with van der Waals surface area (Å²) >= 11 is 0. The third kappa shape index (κ3) is 4.46. The maximum absolute atomic E-state index is 12.3. The van der Waals surface area contributed by atoms with Crippen molar-refractivity contribution in [3.05, 3.63) is 29.8 Å². The van der Waals surface area contributed by atoms with Crippen molar-refractivity contribution in [3.63, 3.8) is 0 Å². The quantitative estimate of drug-likeness (QED) is 0.858. The highest BCUT2D eigenvalue weighted by Crippen LogP contribution is 2.31. The summed E-state index contributed by atoms with van der Waals surface area (Å²) in [5.74, 6) is 0.156. The Morgan fingerprint density at radius 2 is 1.67 bits per heavy atom. The summed E-state index contributed by atoms with van der Waals surface area (Å²) in [4.78, 5) is 17.2. The molecule has 5 nitrogen and oxygen atoms in total. The number of nitrogens with one attached hydrogen (secondary N) is 2. The van der Waals surface area contributed by atoms with Crippen LogP contribution in [0.5, 0.6) is 0 Å². The van der Waals surface area contributed by atoms with Crippen molar-refractivity contribution in [3.8, 4) is 0 Å². The molecule has 1 amide bonds. The Kier molecular flexibility index (Phi) is 5.17. The van der Waals surface area contributed by atoms with Crippen molar-refractivity contribution >= 4 is 11.6 Å². The summed E-state index contributed by atoms with van der Waals surface area (Å²) in [6.07, 6.45) is 4.59. The second-order valence-electron chi connectivity index (χ2n) is 9.54. The fourth-order valence-electron chi connectivity index (χ4n) is 4.73. The van der Waals surface area contributed by atoms with Gasteiger partial charge in [-0.15, -0.1) is 0 Å². The predicted octanol–water partition coefficient (Wildman–Crippen LogP) is 2.37. The molecule has 5 heteroatoms. The topological polar surface area (TPSA) is 47.6 Å². The van der Waals surface area contributed by atoms with Crippen LogP contribution >= 0.6 is 0 Å². The normalized spacial score (nSPS) is 25.4. The molecule has 0 radical (unpaired) electrons. The number of benzene rings is 1. The van der Waals surface area contributed by atoms with Crippen LogP contribution in [-0.2, 0) is 11.3 Å². The molecule has 0 atom stereocenters. The number of nitrogens with zero attached hydrogens (tertiary/aromatic N) is 2. The number of carbonyl (C=O) groups is 1. The summed E-state index contributed by atoms with van der Waals surface area (Å²) in [6, 6.07) is 8.90. The molecule has 3 saturated heterocycles. The van der Waals surface area contributed by atoms with Crippen LogP contribution in [0.2, 0.25) is 0 Å². The number of carbonyl (C=O) groups excluding carboxylic acids is 1. The third-order valence-corrected chi connectivity index (χ3v) is 6.71. The van der Waals surface area contributed by atoms with Crippen LogP contribution in [0.4, 0.5) is 5.69 Å². The molecule has 148 valence electrons. The van der Waals surface area contributed by atoms with Gasteiger partial charge in [-0.25, -0.2) is 0 Å². The highest BCUT2D eigenvalue weighted by molar-refractivity contribution is 5.83. The molecule has 27 heavy (non-hydrogen) atoms.